The predicted octanol–water partition coefficient (Wildman–Crippen LogP) is 2.83. The lowest BCUT2D eigenvalue weighted by Gasteiger charge is -2.09. The molecule has 0 saturated carbocycles. The van der Waals surface area contributed by atoms with E-state index >= 15 is 0 Å². The number of carbonyl (C=O) groups is 1. The molecule has 0 spiro atoms. The zero-order valence-electron chi connectivity index (χ0n) is 11.0. The average molecular weight is 267 g/mol. The monoisotopic (exact) mass is 267 g/mol. The SMILES string of the molecule is COc1ccccc1OCC(=O)c1ccc(C#N)cc1. The Morgan fingerprint density at radius 1 is 1.10 bits per heavy atom. The second kappa shape index (κ2) is 6.39. The molecule has 0 N–H and O–H groups in total. The number of ketones is 1. The van der Waals surface area contributed by atoms with Crippen molar-refractivity contribution >= 4 is 5.78 Å². The van der Waals surface area contributed by atoms with Gasteiger partial charge in [0.25, 0.3) is 0 Å². The van der Waals surface area contributed by atoms with E-state index in [1.165, 1.54) is 0 Å². The minimum atomic E-state index is -0.152. The molecule has 4 heteroatoms. The second-order valence-corrected chi connectivity index (χ2v) is 4.05. The van der Waals surface area contributed by atoms with Gasteiger partial charge in [-0.3, -0.25) is 4.79 Å². The molecule has 100 valence electrons. The summed E-state index contributed by atoms with van der Waals surface area (Å²) in [5, 5.41) is 8.70. The normalized spacial score (nSPS) is 9.60. The molecule has 0 atom stereocenters. The third-order valence-electron chi connectivity index (χ3n) is 2.76. The van der Waals surface area contributed by atoms with Crippen molar-refractivity contribution < 1.29 is 14.3 Å². The van der Waals surface area contributed by atoms with Crippen molar-refractivity contribution in [3.63, 3.8) is 0 Å². The van der Waals surface area contributed by atoms with E-state index in [1.807, 2.05) is 18.2 Å². The first-order valence-corrected chi connectivity index (χ1v) is 6.04. The highest BCUT2D eigenvalue weighted by Gasteiger charge is 2.09. The fourth-order valence-corrected chi connectivity index (χ4v) is 1.70. The van der Waals surface area contributed by atoms with Crippen LogP contribution in [-0.2, 0) is 0 Å². The number of ether oxygens (including phenoxy) is 2. The number of benzene rings is 2. The second-order valence-electron chi connectivity index (χ2n) is 4.05. The molecule has 0 fully saturated rings. The zero-order chi connectivity index (χ0) is 14.4. The summed E-state index contributed by atoms with van der Waals surface area (Å²) in [6, 6.07) is 15.6. The Morgan fingerprint density at radius 3 is 2.35 bits per heavy atom. The van der Waals surface area contributed by atoms with Crippen molar-refractivity contribution in [2.24, 2.45) is 0 Å². The molecule has 0 bridgehead atoms. The number of para-hydroxylation sites is 2. The van der Waals surface area contributed by atoms with Crippen molar-refractivity contribution in [3.8, 4) is 17.6 Å². The van der Waals surface area contributed by atoms with E-state index < -0.39 is 0 Å². The molecule has 0 heterocycles. The van der Waals surface area contributed by atoms with Crippen molar-refractivity contribution in [1.82, 2.24) is 0 Å². The summed E-state index contributed by atoms with van der Waals surface area (Å²) in [6.07, 6.45) is 0. The summed E-state index contributed by atoms with van der Waals surface area (Å²) in [6.45, 7) is -0.0771. The van der Waals surface area contributed by atoms with E-state index in [9.17, 15) is 4.79 Å². The highest BCUT2D eigenvalue weighted by Crippen LogP contribution is 2.25. The number of hydrogen-bond acceptors (Lipinski definition) is 4. The van der Waals surface area contributed by atoms with E-state index in [0.717, 1.165) is 0 Å². The van der Waals surface area contributed by atoms with Crippen LogP contribution in [0.1, 0.15) is 15.9 Å². The third kappa shape index (κ3) is 3.15. The zero-order valence-corrected chi connectivity index (χ0v) is 11.0. The van der Waals surface area contributed by atoms with Crippen LogP contribution in [0.4, 0.5) is 0 Å². The van der Waals surface area contributed by atoms with E-state index in [2.05, 4.69) is 0 Å². The lowest BCUT2D eigenvalue weighted by Crippen LogP contribution is -2.12. The standard InChI is InChI=1S/C16H13NO3/c1-19-15-4-2-3-5-16(15)20-11-14(18)13-8-6-12(10-17)7-9-13/h2-9H,11H2,1H3. The summed E-state index contributed by atoms with van der Waals surface area (Å²) in [5.41, 5.74) is 1.03. The Labute approximate surface area is 117 Å². The van der Waals surface area contributed by atoms with Crippen molar-refractivity contribution in [2.75, 3.05) is 13.7 Å². The Hall–Kier alpha value is -2.80. The van der Waals surface area contributed by atoms with Crippen molar-refractivity contribution in [3.05, 3.63) is 59.7 Å². The number of rotatable bonds is 5. The molecule has 0 radical (unpaired) electrons. The minimum Gasteiger partial charge on any atom is -0.493 e. The molecular formula is C16H13NO3. The van der Waals surface area contributed by atoms with Crippen LogP contribution in [0.2, 0.25) is 0 Å². The van der Waals surface area contributed by atoms with E-state index in [-0.39, 0.29) is 12.4 Å². The molecule has 2 rings (SSSR count). The lowest BCUT2D eigenvalue weighted by atomic mass is 10.1. The van der Waals surface area contributed by atoms with Gasteiger partial charge in [-0.1, -0.05) is 12.1 Å². The molecule has 0 amide bonds. The van der Waals surface area contributed by atoms with E-state index in [4.69, 9.17) is 14.7 Å². The van der Waals surface area contributed by atoms with Crippen LogP contribution in [0.25, 0.3) is 0 Å². The molecule has 0 unspecified atom stereocenters. The molecule has 2 aromatic carbocycles. The van der Waals surface area contributed by atoms with Crippen molar-refractivity contribution in [2.45, 2.75) is 0 Å². The van der Waals surface area contributed by atoms with Gasteiger partial charge in [0.05, 0.1) is 18.7 Å². The fraction of sp³-hybridized carbons (Fsp3) is 0.125. The summed E-state index contributed by atoms with van der Waals surface area (Å²) in [5.74, 6) is 0.956. The molecular weight excluding hydrogens is 254 g/mol. The molecule has 2 aromatic rings. The van der Waals surface area contributed by atoms with Gasteiger partial charge in [0.15, 0.2) is 23.9 Å². The highest BCUT2D eigenvalue weighted by atomic mass is 16.5. The largest absolute Gasteiger partial charge is 0.493 e. The highest BCUT2D eigenvalue weighted by molar-refractivity contribution is 5.97. The number of hydrogen-bond donors (Lipinski definition) is 0. The van der Waals surface area contributed by atoms with Gasteiger partial charge < -0.3 is 9.47 Å². The van der Waals surface area contributed by atoms with Crippen LogP contribution in [0.15, 0.2) is 48.5 Å². The summed E-state index contributed by atoms with van der Waals surface area (Å²) in [4.78, 5) is 12.0. The van der Waals surface area contributed by atoms with Crippen LogP contribution in [0, 0.1) is 11.3 Å². The molecule has 0 aromatic heterocycles. The quantitative estimate of drug-likeness (QED) is 0.781. The van der Waals surface area contributed by atoms with Crippen LogP contribution >= 0.6 is 0 Å². The van der Waals surface area contributed by atoms with Crippen LogP contribution in [-0.4, -0.2) is 19.5 Å². The maximum absolute atomic E-state index is 12.0. The van der Waals surface area contributed by atoms with Crippen molar-refractivity contribution in [1.29, 1.82) is 5.26 Å². The van der Waals surface area contributed by atoms with Crippen LogP contribution in [0.3, 0.4) is 0 Å². The number of nitriles is 1. The van der Waals surface area contributed by atoms with E-state index in [0.29, 0.717) is 22.6 Å². The summed E-state index contributed by atoms with van der Waals surface area (Å²) in [7, 11) is 1.55. The van der Waals surface area contributed by atoms with Gasteiger partial charge in [-0.05, 0) is 36.4 Å². The Kier molecular flexibility index (Phi) is 4.35. The lowest BCUT2D eigenvalue weighted by molar-refractivity contribution is 0.0919. The Bertz CT molecular complexity index is 642. The van der Waals surface area contributed by atoms with Gasteiger partial charge in [-0.15, -0.1) is 0 Å². The number of Topliss-reactive ketones (excluding diaryl/α,β-unsaturated/α-hetero) is 1. The topological polar surface area (TPSA) is 59.3 Å². The van der Waals surface area contributed by atoms with E-state index in [1.54, 1.807) is 43.5 Å². The average Bonchev–Trinajstić information content (AvgIpc) is 2.53. The Morgan fingerprint density at radius 2 is 1.75 bits per heavy atom. The molecule has 0 aliphatic heterocycles. The van der Waals surface area contributed by atoms with Gasteiger partial charge in [0, 0.05) is 5.56 Å². The van der Waals surface area contributed by atoms with Gasteiger partial charge >= 0.3 is 0 Å². The minimum absolute atomic E-state index is 0.0771. The first-order chi connectivity index (χ1) is 9.74. The molecule has 20 heavy (non-hydrogen) atoms. The maximum atomic E-state index is 12.0. The fourth-order valence-electron chi connectivity index (χ4n) is 1.70. The smallest absolute Gasteiger partial charge is 0.200 e. The molecule has 0 aliphatic rings. The maximum Gasteiger partial charge on any atom is 0.200 e. The first kappa shape index (κ1) is 13.6. The summed E-state index contributed by atoms with van der Waals surface area (Å²) < 4.78 is 10.6. The summed E-state index contributed by atoms with van der Waals surface area (Å²) >= 11 is 0. The predicted molar refractivity (Wildman–Crippen MR) is 74.0 cm³/mol. The Balaban J connectivity index is 2.03. The van der Waals surface area contributed by atoms with Crippen LogP contribution in [0.5, 0.6) is 11.5 Å². The molecule has 0 saturated heterocycles. The van der Waals surface area contributed by atoms with Gasteiger partial charge in [0.2, 0.25) is 0 Å². The van der Waals surface area contributed by atoms with Crippen LogP contribution < -0.4 is 9.47 Å². The third-order valence-corrected chi connectivity index (χ3v) is 2.76. The first-order valence-electron chi connectivity index (χ1n) is 6.04. The number of nitrogens with zero attached hydrogens (tertiary/aromatic N) is 1. The van der Waals surface area contributed by atoms with Gasteiger partial charge in [0.1, 0.15) is 0 Å². The molecule has 4 nitrogen and oxygen atoms in total. The number of carbonyl (C=O) groups excluding carboxylic acids is 1. The van der Waals surface area contributed by atoms with Gasteiger partial charge in [-0.2, -0.15) is 5.26 Å². The number of methoxy groups -OCH3 is 1. The molecule has 0 aliphatic carbocycles. The van der Waals surface area contributed by atoms with Gasteiger partial charge in [-0.25, -0.2) is 0 Å².